The number of imidazole rings is 1. The van der Waals surface area contributed by atoms with E-state index in [9.17, 15) is 22.8 Å². The molecule has 148 valence electrons. The number of ether oxygens (including phenoxy) is 1. The fraction of sp³-hybridized carbons (Fsp3) is 0.500. The fourth-order valence-electron chi connectivity index (χ4n) is 3.11. The number of alkyl halides is 3. The van der Waals surface area contributed by atoms with Crippen molar-refractivity contribution in [2.24, 2.45) is 0 Å². The van der Waals surface area contributed by atoms with Crippen molar-refractivity contribution in [3.63, 3.8) is 0 Å². The van der Waals surface area contributed by atoms with E-state index in [1.165, 1.54) is 6.92 Å². The number of benzene rings is 1. The van der Waals surface area contributed by atoms with E-state index >= 15 is 0 Å². The molecule has 1 atom stereocenters. The molecule has 6 nitrogen and oxygen atoms in total. The summed E-state index contributed by atoms with van der Waals surface area (Å²) in [7, 11) is 0. The molecule has 1 aromatic heterocycles. The number of esters is 1. The predicted molar refractivity (Wildman–Crippen MR) is 92.3 cm³/mol. The molecule has 0 unspecified atom stereocenters. The number of hydrogen-bond acceptors (Lipinski definition) is 3. The molecule has 2 aromatic rings. The normalized spacial score (nSPS) is 12.9. The Kier molecular flexibility index (Phi) is 6.12. The van der Waals surface area contributed by atoms with Gasteiger partial charge in [-0.3, -0.25) is 4.79 Å². The lowest BCUT2D eigenvalue weighted by Gasteiger charge is -2.13. The number of halogens is 3. The van der Waals surface area contributed by atoms with Crippen LogP contribution in [-0.4, -0.2) is 35.8 Å². The molecule has 0 radical (unpaired) electrons. The highest BCUT2D eigenvalue weighted by Crippen LogP contribution is 2.22. The standard InChI is InChI=1S/C18H22F3N3O3/c1-5-23-12(4)24(11(3)16(25)22-10-18(19,20)21)15-9-13(7-8-14(15)23)17(26)27-6-2/h7-9,11H,5-6,10H2,1-4H3/p+1/t11-/m1/s1. The lowest BCUT2D eigenvalue weighted by Crippen LogP contribution is -2.39. The molecule has 9 heteroatoms. The van der Waals surface area contributed by atoms with E-state index in [4.69, 9.17) is 4.74 Å². The number of hydrogen-bond donors (Lipinski definition) is 1. The lowest BCUT2D eigenvalue weighted by atomic mass is 10.2. The van der Waals surface area contributed by atoms with Crippen molar-refractivity contribution in [3.8, 4) is 0 Å². The summed E-state index contributed by atoms with van der Waals surface area (Å²) < 4.78 is 45.8. The van der Waals surface area contributed by atoms with E-state index in [2.05, 4.69) is 0 Å². The van der Waals surface area contributed by atoms with Gasteiger partial charge in [-0.15, -0.1) is 0 Å². The van der Waals surface area contributed by atoms with Gasteiger partial charge in [-0.05, 0) is 32.9 Å². The second-order valence-electron chi connectivity index (χ2n) is 6.09. The molecule has 0 aliphatic heterocycles. The largest absolute Gasteiger partial charge is 0.462 e. The number of fused-ring (bicyclic) bond motifs is 1. The number of carbonyl (C=O) groups excluding carboxylic acids is 2. The summed E-state index contributed by atoms with van der Waals surface area (Å²) in [5.41, 5.74) is 1.67. The molecule has 0 aliphatic carbocycles. The maximum Gasteiger partial charge on any atom is 0.405 e. The van der Waals surface area contributed by atoms with Gasteiger partial charge in [0.1, 0.15) is 6.54 Å². The molecule has 0 bridgehead atoms. The quantitative estimate of drug-likeness (QED) is 0.613. The fourth-order valence-corrected chi connectivity index (χ4v) is 3.11. The number of amides is 1. The first-order valence-electron chi connectivity index (χ1n) is 8.66. The molecule has 0 spiro atoms. The Balaban J connectivity index is 2.50. The summed E-state index contributed by atoms with van der Waals surface area (Å²) in [5, 5.41) is 1.91. The van der Waals surface area contributed by atoms with Crippen molar-refractivity contribution in [3.05, 3.63) is 29.6 Å². The summed E-state index contributed by atoms with van der Waals surface area (Å²) >= 11 is 0. The van der Waals surface area contributed by atoms with Gasteiger partial charge in [0.15, 0.2) is 17.1 Å². The van der Waals surface area contributed by atoms with Crippen LogP contribution in [0.4, 0.5) is 13.2 Å². The summed E-state index contributed by atoms with van der Waals surface area (Å²) in [6.07, 6.45) is -4.48. The van der Waals surface area contributed by atoms with Crippen molar-refractivity contribution in [1.29, 1.82) is 0 Å². The summed E-state index contributed by atoms with van der Waals surface area (Å²) in [6, 6.07) is 4.08. The molecule has 1 heterocycles. The van der Waals surface area contributed by atoms with Crippen molar-refractivity contribution in [1.82, 2.24) is 9.88 Å². The van der Waals surface area contributed by atoms with Gasteiger partial charge in [0.2, 0.25) is 0 Å². The number of carbonyl (C=O) groups is 2. The smallest absolute Gasteiger partial charge is 0.405 e. The predicted octanol–water partition coefficient (Wildman–Crippen LogP) is 2.67. The van der Waals surface area contributed by atoms with Crippen LogP contribution in [0, 0.1) is 6.92 Å². The number of aryl methyl sites for hydroxylation is 1. The zero-order valence-electron chi connectivity index (χ0n) is 15.7. The molecule has 0 fully saturated rings. The average Bonchev–Trinajstić information content (AvgIpc) is 2.88. The number of aromatic nitrogens is 2. The SMILES string of the molecule is CCOC(=O)c1ccc2c(c1)n([C@H](C)C(=O)NCC(F)(F)F)c(C)[n+]2CC. The highest BCUT2D eigenvalue weighted by Gasteiger charge is 2.33. The molecule has 0 aliphatic rings. The monoisotopic (exact) mass is 386 g/mol. The van der Waals surface area contributed by atoms with Crippen LogP contribution in [0.3, 0.4) is 0 Å². The maximum atomic E-state index is 12.4. The Hall–Kier alpha value is -2.58. The molecule has 1 amide bonds. The third kappa shape index (κ3) is 4.40. The van der Waals surface area contributed by atoms with Crippen LogP contribution in [0.1, 0.15) is 43.0 Å². The van der Waals surface area contributed by atoms with Gasteiger partial charge in [-0.1, -0.05) is 0 Å². The van der Waals surface area contributed by atoms with Crippen LogP contribution < -0.4 is 9.88 Å². The molecular formula is C18H23F3N3O3+. The summed E-state index contributed by atoms with van der Waals surface area (Å²) in [4.78, 5) is 24.3. The molecule has 27 heavy (non-hydrogen) atoms. The van der Waals surface area contributed by atoms with E-state index < -0.39 is 30.6 Å². The highest BCUT2D eigenvalue weighted by atomic mass is 19.4. The van der Waals surface area contributed by atoms with Crippen molar-refractivity contribution >= 4 is 22.9 Å². The van der Waals surface area contributed by atoms with Gasteiger partial charge in [0.05, 0.1) is 18.7 Å². The average molecular weight is 386 g/mol. The van der Waals surface area contributed by atoms with Gasteiger partial charge >= 0.3 is 12.1 Å². The molecule has 0 saturated heterocycles. The zero-order valence-corrected chi connectivity index (χ0v) is 15.7. The van der Waals surface area contributed by atoms with Crippen LogP contribution in [0.2, 0.25) is 0 Å². The van der Waals surface area contributed by atoms with E-state index in [0.717, 1.165) is 5.52 Å². The van der Waals surface area contributed by atoms with Crippen molar-refractivity contribution in [2.45, 2.75) is 46.5 Å². The van der Waals surface area contributed by atoms with Gasteiger partial charge < -0.3 is 10.1 Å². The number of rotatable bonds is 6. The maximum absolute atomic E-state index is 12.4. The van der Waals surface area contributed by atoms with E-state index in [-0.39, 0.29) is 6.61 Å². The first kappa shape index (κ1) is 20.7. The first-order chi connectivity index (χ1) is 12.6. The Morgan fingerprint density at radius 2 is 1.96 bits per heavy atom. The second-order valence-corrected chi connectivity index (χ2v) is 6.09. The Morgan fingerprint density at radius 1 is 1.30 bits per heavy atom. The third-order valence-corrected chi connectivity index (χ3v) is 4.32. The second kappa shape index (κ2) is 7.98. The molecule has 1 aromatic carbocycles. The minimum Gasteiger partial charge on any atom is -0.462 e. The molecule has 1 N–H and O–H groups in total. The third-order valence-electron chi connectivity index (χ3n) is 4.32. The van der Waals surface area contributed by atoms with Crippen molar-refractivity contribution in [2.75, 3.05) is 13.2 Å². The number of nitrogens with zero attached hydrogens (tertiary/aromatic N) is 2. The molecule has 0 saturated carbocycles. The van der Waals surface area contributed by atoms with Crippen LogP contribution in [0.5, 0.6) is 0 Å². The van der Waals surface area contributed by atoms with Crippen LogP contribution >= 0.6 is 0 Å². The van der Waals surface area contributed by atoms with E-state index in [1.807, 2.05) is 16.8 Å². The topological polar surface area (TPSA) is 64.2 Å². The van der Waals surface area contributed by atoms with E-state index in [0.29, 0.717) is 23.4 Å². The van der Waals surface area contributed by atoms with Gasteiger partial charge in [-0.2, -0.15) is 13.2 Å². The van der Waals surface area contributed by atoms with E-state index in [1.54, 1.807) is 36.6 Å². The van der Waals surface area contributed by atoms with Crippen LogP contribution in [0.25, 0.3) is 11.0 Å². The minimum atomic E-state index is -4.48. The summed E-state index contributed by atoms with van der Waals surface area (Å²) in [5.74, 6) is -0.553. The molecule has 2 rings (SSSR count). The summed E-state index contributed by atoms with van der Waals surface area (Å²) in [6.45, 7) is 6.35. The Bertz CT molecular complexity index is 859. The van der Waals surface area contributed by atoms with Gasteiger partial charge in [0.25, 0.3) is 11.7 Å². The Morgan fingerprint density at radius 3 is 2.52 bits per heavy atom. The number of nitrogens with one attached hydrogen (secondary N) is 1. The Labute approximate surface area is 154 Å². The van der Waals surface area contributed by atoms with Crippen LogP contribution in [-0.2, 0) is 16.1 Å². The zero-order chi connectivity index (χ0) is 20.4. The lowest BCUT2D eigenvalue weighted by molar-refractivity contribution is -0.675. The van der Waals surface area contributed by atoms with Gasteiger partial charge in [-0.25, -0.2) is 13.9 Å². The van der Waals surface area contributed by atoms with Crippen molar-refractivity contribution < 1.29 is 32.1 Å². The minimum absolute atomic E-state index is 0.224. The highest BCUT2D eigenvalue weighted by molar-refractivity contribution is 5.93. The van der Waals surface area contributed by atoms with Gasteiger partial charge in [0, 0.05) is 13.0 Å². The molecular weight excluding hydrogens is 363 g/mol. The van der Waals surface area contributed by atoms with Crippen LogP contribution in [0.15, 0.2) is 18.2 Å². The first-order valence-corrected chi connectivity index (χ1v) is 8.66.